The highest BCUT2D eigenvalue weighted by Gasteiger charge is 2.30. The van der Waals surface area contributed by atoms with E-state index in [0.29, 0.717) is 31.9 Å². The van der Waals surface area contributed by atoms with Gasteiger partial charge in [0.25, 0.3) is 0 Å². The van der Waals surface area contributed by atoms with Gasteiger partial charge in [-0.25, -0.2) is 4.39 Å². The lowest BCUT2D eigenvalue weighted by Gasteiger charge is -2.33. The third-order valence-corrected chi connectivity index (χ3v) is 4.80. The molecule has 2 N–H and O–H groups in total. The zero-order chi connectivity index (χ0) is 22.4. The quantitative estimate of drug-likeness (QED) is 0.681. The highest BCUT2D eigenvalue weighted by Crippen LogP contribution is 2.30. The summed E-state index contributed by atoms with van der Waals surface area (Å²) in [7, 11) is 0. The van der Waals surface area contributed by atoms with E-state index >= 15 is 0 Å². The van der Waals surface area contributed by atoms with E-state index in [1.165, 1.54) is 36.4 Å². The lowest BCUT2D eigenvalue weighted by molar-refractivity contribution is -0.137. The first kappa shape index (κ1) is 22.7. The van der Waals surface area contributed by atoms with Crippen LogP contribution >= 0.6 is 0 Å². The Hall–Kier alpha value is -2.98. The van der Waals surface area contributed by atoms with Crippen molar-refractivity contribution in [3.63, 3.8) is 0 Å². The number of hydrogen-bond donors (Lipinski definition) is 2. The van der Waals surface area contributed by atoms with Crippen molar-refractivity contribution in [1.29, 1.82) is 0 Å². The van der Waals surface area contributed by atoms with Crippen molar-refractivity contribution in [2.45, 2.75) is 6.18 Å². The molecule has 2 aromatic rings. The zero-order valence-electron chi connectivity index (χ0n) is 16.6. The molecule has 1 saturated heterocycles. The molecule has 6 nitrogen and oxygen atoms in total. The van der Waals surface area contributed by atoms with Gasteiger partial charge >= 0.3 is 6.18 Å². The molecule has 1 fully saturated rings. The fourth-order valence-corrected chi connectivity index (χ4v) is 3.22. The smallest absolute Gasteiger partial charge is 0.325 e. The Morgan fingerprint density at radius 2 is 1.32 bits per heavy atom. The number of hydrogen-bond acceptors (Lipinski definition) is 4. The van der Waals surface area contributed by atoms with Gasteiger partial charge in [0.1, 0.15) is 5.82 Å². The lowest BCUT2D eigenvalue weighted by Crippen LogP contribution is -2.50. The van der Waals surface area contributed by atoms with Gasteiger partial charge in [0.05, 0.1) is 18.7 Å². The molecule has 10 heteroatoms. The number of nitrogens with one attached hydrogen (secondary N) is 2. The molecule has 166 valence electrons. The molecule has 0 spiro atoms. The van der Waals surface area contributed by atoms with Crippen LogP contribution in [0.2, 0.25) is 0 Å². The van der Waals surface area contributed by atoms with Gasteiger partial charge < -0.3 is 10.6 Å². The first-order valence-corrected chi connectivity index (χ1v) is 9.66. The molecule has 0 unspecified atom stereocenters. The van der Waals surface area contributed by atoms with Crippen LogP contribution in [0.25, 0.3) is 0 Å². The standard InChI is InChI=1S/C21H22F4N4O2/c22-16-4-6-17(7-5-16)26-19(30)13-28-8-10-29(11-9-28)14-20(31)27-18-3-1-2-15(12-18)21(23,24)25/h1-7,12H,8-11,13-14H2,(H,26,30)(H,27,31). The average Bonchev–Trinajstić information content (AvgIpc) is 2.71. The van der Waals surface area contributed by atoms with E-state index in [4.69, 9.17) is 0 Å². The van der Waals surface area contributed by atoms with Crippen LogP contribution in [0.1, 0.15) is 5.56 Å². The summed E-state index contributed by atoms with van der Waals surface area (Å²) in [6.07, 6.45) is -4.47. The molecule has 3 rings (SSSR count). The SMILES string of the molecule is O=C(CN1CCN(CC(=O)Nc2cccc(C(F)(F)F)c2)CC1)Nc1ccc(F)cc1. The second-order valence-corrected chi connectivity index (χ2v) is 7.23. The molecule has 0 atom stereocenters. The van der Waals surface area contributed by atoms with E-state index in [-0.39, 0.29) is 30.5 Å². The van der Waals surface area contributed by atoms with Crippen molar-refractivity contribution in [2.75, 3.05) is 49.9 Å². The Labute approximate surface area is 176 Å². The molecule has 1 aliphatic rings. The van der Waals surface area contributed by atoms with Crippen LogP contribution in [0, 0.1) is 5.82 Å². The summed E-state index contributed by atoms with van der Waals surface area (Å²) in [5.41, 5.74) is -0.218. The maximum Gasteiger partial charge on any atom is 0.416 e. The third kappa shape index (κ3) is 7.04. The van der Waals surface area contributed by atoms with Gasteiger partial charge in [-0.2, -0.15) is 13.2 Å². The number of alkyl halides is 3. The van der Waals surface area contributed by atoms with E-state index in [9.17, 15) is 27.2 Å². The molecular weight excluding hydrogens is 416 g/mol. The third-order valence-electron chi connectivity index (χ3n) is 4.80. The second-order valence-electron chi connectivity index (χ2n) is 7.23. The summed E-state index contributed by atoms with van der Waals surface area (Å²) in [5, 5.41) is 5.19. The fourth-order valence-electron chi connectivity index (χ4n) is 3.22. The number of amides is 2. The molecular formula is C21H22F4N4O2. The van der Waals surface area contributed by atoms with E-state index in [1.54, 1.807) is 0 Å². The number of rotatable bonds is 6. The number of carbonyl (C=O) groups excluding carboxylic acids is 2. The predicted molar refractivity (Wildman–Crippen MR) is 108 cm³/mol. The molecule has 1 aliphatic heterocycles. The van der Waals surface area contributed by atoms with Crippen LogP contribution in [0.3, 0.4) is 0 Å². The van der Waals surface area contributed by atoms with Crippen molar-refractivity contribution < 1.29 is 27.2 Å². The summed E-state index contributed by atoms with van der Waals surface area (Å²) < 4.78 is 51.2. The summed E-state index contributed by atoms with van der Waals surface area (Å²) >= 11 is 0. The molecule has 0 radical (unpaired) electrons. The van der Waals surface area contributed by atoms with E-state index in [1.807, 2.05) is 9.80 Å². The highest BCUT2D eigenvalue weighted by molar-refractivity contribution is 5.93. The minimum Gasteiger partial charge on any atom is -0.325 e. The van der Waals surface area contributed by atoms with Crippen LogP contribution < -0.4 is 10.6 Å². The van der Waals surface area contributed by atoms with E-state index in [0.717, 1.165) is 12.1 Å². The Bertz CT molecular complexity index is 910. The molecule has 2 aromatic carbocycles. The minimum absolute atomic E-state index is 0.0475. The summed E-state index contributed by atoms with van der Waals surface area (Å²) in [6.45, 7) is 2.43. The molecule has 0 aliphatic carbocycles. The van der Waals surface area contributed by atoms with Gasteiger partial charge in [-0.15, -0.1) is 0 Å². The predicted octanol–water partition coefficient (Wildman–Crippen LogP) is 3.04. The van der Waals surface area contributed by atoms with Crippen LogP contribution in [0.4, 0.5) is 28.9 Å². The first-order chi connectivity index (χ1) is 14.7. The zero-order valence-corrected chi connectivity index (χ0v) is 16.6. The first-order valence-electron chi connectivity index (χ1n) is 9.66. The monoisotopic (exact) mass is 438 g/mol. The lowest BCUT2D eigenvalue weighted by atomic mass is 10.2. The Morgan fingerprint density at radius 3 is 1.84 bits per heavy atom. The Morgan fingerprint density at radius 1 is 0.806 bits per heavy atom. The number of halogens is 4. The van der Waals surface area contributed by atoms with Gasteiger partial charge in [-0.05, 0) is 42.5 Å². The van der Waals surface area contributed by atoms with E-state index in [2.05, 4.69) is 10.6 Å². The summed E-state index contributed by atoms with van der Waals surface area (Å²) in [4.78, 5) is 28.1. The van der Waals surface area contributed by atoms with Crippen molar-refractivity contribution in [1.82, 2.24) is 9.80 Å². The largest absolute Gasteiger partial charge is 0.416 e. The summed E-state index contributed by atoms with van der Waals surface area (Å²) in [6, 6.07) is 9.98. The highest BCUT2D eigenvalue weighted by atomic mass is 19.4. The number of carbonyl (C=O) groups is 2. The van der Waals surface area contributed by atoms with Gasteiger partial charge in [-0.1, -0.05) is 6.07 Å². The molecule has 0 bridgehead atoms. The topological polar surface area (TPSA) is 64.7 Å². The van der Waals surface area contributed by atoms with Gasteiger partial charge in [-0.3, -0.25) is 19.4 Å². The molecule has 2 amide bonds. The van der Waals surface area contributed by atoms with Crippen molar-refractivity contribution >= 4 is 23.2 Å². The van der Waals surface area contributed by atoms with Gasteiger partial charge in [0, 0.05) is 37.6 Å². The van der Waals surface area contributed by atoms with Gasteiger partial charge in [0.2, 0.25) is 11.8 Å². The molecule has 1 heterocycles. The minimum atomic E-state index is -4.47. The van der Waals surface area contributed by atoms with Crippen molar-refractivity contribution in [2.24, 2.45) is 0 Å². The van der Waals surface area contributed by atoms with Crippen LogP contribution in [0.5, 0.6) is 0 Å². The molecule has 31 heavy (non-hydrogen) atoms. The van der Waals surface area contributed by atoms with Gasteiger partial charge in [0.15, 0.2) is 0 Å². The molecule has 0 saturated carbocycles. The maximum absolute atomic E-state index is 12.9. The normalized spacial score (nSPS) is 15.5. The number of nitrogens with zero attached hydrogens (tertiary/aromatic N) is 2. The Kier molecular flexibility index (Phi) is 7.24. The Balaban J connectivity index is 1.41. The molecule has 0 aromatic heterocycles. The van der Waals surface area contributed by atoms with E-state index < -0.39 is 17.6 Å². The van der Waals surface area contributed by atoms with Crippen LogP contribution in [0.15, 0.2) is 48.5 Å². The average molecular weight is 438 g/mol. The number of benzene rings is 2. The van der Waals surface area contributed by atoms with Crippen molar-refractivity contribution in [3.05, 3.63) is 59.9 Å². The van der Waals surface area contributed by atoms with Crippen molar-refractivity contribution in [3.8, 4) is 0 Å². The summed E-state index contributed by atoms with van der Waals surface area (Å²) in [5.74, 6) is -1.00. The number of anilines is 2. The fraction of sp³-hybridized carbons (Fsp3) is 0.333. The van der Waals surface area contributed by atoms with Crippen LogP contribution in [-0.4, -0.2) is 60.9 Å². The van der Waals surface area contributed by atoms with Crippen LogP contribution in [-0.2, 0) is 15.8 Å². The number of piperazine rings is 1. The second kappa shape index (κ2) is 9.88. The maximum atomic E-state index is 12.9.